The third-order valence-corrected chi connectivity index (χ3v) is 3.28. The number of carbonyl (C=O) groups is 1. The summed E-state index contributed by atoms with van der Waals surface area (Å²) in [6, 6.07) is 12.1. The number of rotatable bonds is 3. The van der Waals surface area contributed by atoms with Gasteiger partial charge in [0.2, 0.25) is 0 Å². The average molecular weight is 301 g/mol. The molecule has 3 rings (SSSR count). The van der Waals surface area contributed by atoms with E-state index >= 15 is 0 Å². The van der Waals surface area contributed by atoms with E-state index in [9.17, 15) is 4.79 Å². The number of carboxylic acids is 1. The summed E-state index contributed by atoms with van der Waals surface area (Å²) in [6.07, 6.45) is 1.30. The van der Waals surface area contributed by atoms with Gasteiger partial charge in [-0.25, -0.2) is 4.79 Å². The number of hydrogen-bond acceptors (Lipinski definition) is 4. The molecule has 0 saturated heterocycles. The van der Waals surface area contributed by atoms with Gasteiger partial charge in [0.1, 0.15) is 11.3 Å². The Bertz CT molecular complexity index is 836. The maximum absolute atomic E-state index is 11.2. The van der Waals surface area contributed by atoms with E-state index in [0.29, 0.717) is 10.8 Å². The van der Waals surface area contributed by atoms with Crippen LogP contribution in [-0.2, 0) is 0 Å². The Hall–Kier alpha value is -2.66. The minimum Gasteiger partial charge on any atom is -0.477 e. The summed E-state index contributed by atoms with van der Waals surface area (Å²) in [4.78, 5) is 11.2. The normalized spacial score (nSPS) is 10.5. The van der Waals surface area contributed by atoms with Crippen LogP contribution in [0, 0.1) is 0 Å². The molecule has 1 N–H and O–H groups in total. The van der Waals surface area contributed by atoms with Gasteiger partial charge in [-0.15, -0.1) is 5.10 Å². The summed E-state index contributed by atoms with van der Waals surface area (Å²) in [5.74, 6) is -0.714. The lowest BCUT2D eigenvalue weighted by atomic mass is 10.1. The molecule has 104 valence electrons. The van der Waals surface area contributed by atoms with Crippen molar-refractivity contribution in [2.24, 2.45) is 0 Å². The summed E-state index contributed by atoms with van der Waals surface area (Å²) in [6.45, 7) is 0. The molecule has 0 fully saturated rings. The Morgan fingerprint density at radius 1 is 1.10 bits per heavy atom. The Balaban J connectivity index is 2.11. The number of hydrogen-bond donors (Lipinski definition) is 1. The monoisotopic (exact) mass is 300 g/mol. The first-order chi connectivity index (χ1) is 10.2. The Kier molecular flexibility index (Phi) is 3.41. The van der Waals surface area contributed by atoms with Crippen LogP contribution in [0.25, 0.3) is 10.8 Å². The molecule has 0 spiro atoms. The van der Waals surface area contributed by atoms with Gasteiger partial charge in [0, 0.05) is 15.8 Å². The first kappa shape index (κ1) is 13.3. The molecule has 21 heavy (non-hydrogen) atoms. The molecule has 0 unspecified atom stereocenters. The van der Waals surface area contributed by atoms with Crippen molar-refractivity contribution >= 4 is 28.3 Å². The van der Waals surface area contributed by atoms with Gasteiger partial charge in [0.15, 0.2) is 0 Å². The Labute approximate surface area is 124 Å². The van der Waals surface area contributed by atoms with Gasteiger partial charge in [-0.3, -0.25) is 0 Å². The first-order valence-electron chi connectivity index (χ1n) is 6.07. The molecule has 0 radical (unpaired) electrons. The summed E-state index contributed by atoms with van der Waals surface area (Å²) < 4.78 is 5.63. The number of nitrogens with zero attached hydrogens (tertiary/aromatic N) is 2. The molecule has 6 heteroatoms. The first-order valence-corrected chi connectivity index (χ1v) is 6.44. The minimum atomic E-state index is -1.13. The van der Waals surface area contributed by atoms with E-state index in [4.69, 9.17) is 21.4 Å². The summed E-state index contributed by atoms with van der Waals surface area (Å²) in [5.41, 5.74) is -0.0518. The second-order valence-corrected chi connectivity index (χ2v) is 4.66. The molecule has 0 aliphatic rings. The van der Waals surface area contributed by atoms with E-state index < -0.39 is 5.97 Å². The molecule has 1 heterocycles. The molecular formula is C15H9ClN2O3. The second-order valence-electron chi connectivity index (χ2n) is 4.25. The van der Waals surface area contributed by atoms with Crippen LogP contribution < -0.4 is 4.74 Å². The van der Waals surface area contributed by atoms with Gasteiger partial charge in [-0.2, -0.15) is 5.10 Å². The van der Waals surface area contributed by atoms with E-state index in [-0.39, 0.29) is 11.4 Å². The van der Waals surface area contributed by atoms with E-state index in [2.05, 4.69) is 10.2 Å². The molecule has 0 aliphatic carbocycles. The van der Waals surface area contributed by atoms with E-state index in [1.807, 2.05) is 24.3 Å². The molecule has 0 atom stereocenters. The fraction of sp³-hybridized carbons (Fsp3) is 0. The number of benzene rings is 2. The zero-order valence-electron chi connectivity index (χ0n) is 10.7. The molecule has 0 bridgehead atoms. The van der Waals surface area contributed by atoms with E-state index in [1.54, 1.807) is 12.1 Å². The van der Waals surface area contributed by atoms with Crippen molar-refractivity contribution in [1.82, 2.24) is 10.2 Å². The molecule has 5 nitrogen and oxygen atoms in total. The van der Waals surface area contributed by atoms with Crippen molar-refractivity contribution in [3.63, 3.8) is 0 Å². The van der Waals surface area contributed by atoms with Crippen LogP contribution >= 0.6 is 11.6 Å². The highest BCUT2D eigenvalue weighted by Gasteiger charge is 2.15. The molecule has 0 amide bonds. The predicted molar refractivity (Wildman–Crippen MR) is 78.0 cm³/mol. The van der Waals surface area contributed by atoms with Gasteiger partial charge in [-0.1, -0.05) is 35.9 Å². The van der Waals surface area contributed by atoms with Crippen LogP contribution in [0.1, 0.15) is 10.4 Å². The number of fused-ring (bicyclic) bond motifs is 1. The third kappa shape index (κ3) is 2.51. The van der Waals surface area contributed by atoms with Gasteiger partial charge in [0.05, 0.1) is 6.20 Å². The van der Waals surface area contributed by atoms with Crippen molar-refractivity contribution in [3.8, 4) is 11.6 Å². The molecule has 3 aromatic rings. The lowest BCUT2D eigenvalue weighted by molar-refractivity contribution is 0.0693. The second kappa shape index (κ2) is 5.38. The minimum absolute atomic E-state index is 0.0518. The molecular weight excluding hydrogens is 292 g/mol. The maximum atomic E-state index is 11.2. The van der Waals surface area contributed by atoms with Gasteiger partial charge < -0.3 is 9.84 Å². The lowest BCUT2D eigenvalue weighted by Crippen LogP contribution is -2.03. The molecule has 0 aliphatic heterocycles. The van der Waals surface area contributed by atoms with Crippen LogP contribution in [0.5, 0.6) is 11.6 Å². The summed E-state index contributed by atoms with van der Waals surface area (Å²) in [5, 5.41) is 18.7. The van der Waals surface area contributed by atoms with Crippen LogP contribution in [0.2, 0.25) is 5.02 Å². The largest absolute Gasteiger partial charge is 0.477 e. The lowest BCUT2D eigenvalue weighted by Gasteiger charge is -2.10. The fourth-order valence-electron chi connectivity index (χ4n) is 1.98. The van der Waals surface area contributed by atoms with Crippen LogP contribution in [-0.4, -0.2) is 21.3 Å². The number of ether oxygens (including phenoxy) is 1. The zero-order chi connectivity index (χ0) is 14.8. The van der Waals surface area contributed by atoms with E-state index in [1.165, 1.54) is 12.3 Å². The fourth-order valence-corrected chi connectivity index (χ4v) is 2.21. The summed E-state index contributed by atoms with van der Waals surface area (Å²) in [7, 11) is 0. The standard InChI is InChI=1S/C15H9ClN2O3/c16-12-5-6-13(10-4-2-1-3-9(10)12)21-14-11(15(19)20)7-8-17-18-14/h1-8H,(H,19,20). The van der Waals surface area contributed by atoms with Crippen molar-refractivity contribution in [3.05, 3.63) is 59.2 Å². The van der Waals surface area contributed by atoms with Crippen molar-refractivity contribution in [2.45, 2.75) is 0 Å². The van der Waals surface area contributed by atoms with Crippen LogP contribution in [0.3, 0.4) is 0 Å². The van der Waals surface area contributed by atoms with Crippen LogP contribution in [0.15, 0.2) is 48.7 Å². The van der Waals surface area contributed by atoms with Crippen molar-refractivity contribution in [1.29, 1.82) is 0 Å². The highest BCUT2D eigenvalue weighted by Crippen LogP contribution is 2.34. The summed E-state index contributed by atoms with van der Waals surface area (Å²) >= 11 is 6.14. The average Bonchev–Trinajstić information content (AvgIpc) is 2.51. The highest BCUT2D eigenvalue weighted by molar-refractivity contribution is 6.35. The quantitative estimate of drug-likeness (QED) is 0.797. The van der Waals surface area contributed by atoms with Crippen molar-refractivity contribution in [2.75, 3.05) is 0 Å². The molecule has 1 aromatic heterocycles. The van der Waals surface area contributed by atoms with Gasteiger partial charge in [-0.05, 0) is 18.2 Å². The van der Waals surface area contributed by atoms with E-state index in [0.717, 1.165) is 10.8 Å². The smallest absolute Gasteiger partial charge is 0.341 e. The molecule has 2 aromatic carbocycles. The predicted octanol–water partition coefficient (Wildman–Crippen LogP) is 3.77. The zero-order valence-corrected chi connectivity index (χ0v) is 11.4. The number of halogens is 1. The topological polar surface area (TPSA) is 72.3 Å². The third-order valence-electron chi connectivity index (χ3n) is 2.95. The Morgan fingerprint density at radius 2 is 1.86 bits per heavy atom. The number of aromatic carboxylic acids is 1. The van der Waals surface area contributed by atoms with Gasteiger partial charge >= 0.3 is 5.97 Å². The van der Waals surface area contributed by atoms with Crippen LogP contribution in [0.4, 0.5) is 0 Å². The maximum Gasteiger partial charge on any atom is 0.341 e. The highest BCUT2D eigenvalue weighted by atomic mass is 35.5. The van der Waals surface area contributed by atoms with Crippen molar-refractivity contribution < 1.29 is 14.6 Å². The number of carboxylic acid groups (broad SMARTS) is 1. The number of aromatic nitrogens is 2. The van der Waals surface area contributed by atoms with Gasteiger partial charge in [0.25, 0.3) is 5.88 Å². The Morgan fingerprint density at radius 3 is 2.62 bits per heavy atom. The SMILES string of the molecule is O=C(O)c1ccnnc1Oc1ccc(Cl)c2ccccc12. The molecule has 0 saturated carbocycles.